The standard InChI is InChI=1S/C24H22BrN3O4/c1-2-31-21-13-11-20(12-14-21)27-23(29)24(30)28-26-15-18-5-3-4-6-22(18)32-16-17-7-9-19(25)10-8-17/h3-15H,2,16H2,1H3,(H,27,29)(H,28,30)/b26-15+. The van der Waals surface area contributed by atoms with Crippen LogP contribution in [0.5, 0.6) is 11.5 Å². The molecule has 0 atom stereocenters. The summed E-state index contributed by atoms with van der Waals surface area (Å²) in [6, 6.07) is 21.8. The number of nitrogens with zero attached hydrogens (tertiary/aromatic N) is 1. The lowest BCUT2D eigenvalue weighted by Gasteiger charge is -2.09. The zero-order valence-corrected chi connectivity index (χ0v) is 19.0. The molecule has 0 heterocycles. The van der Waals surface area contributed by atoms with Gasteiger partial charge in [0.15, 0.2) is 0 Å². The van der Waals surface area contributed by atoms with Crippen molar-refractivity contribution < 1.29 is 19.1 Å². The number of para-hydroxylation sites is 1. The summed E-state index contributed by atoms with van der Waals surface area (Å²) in [5, 5.41) is 6.38. The Kier molecular flexibility index (Phi) is 8.39. The van der Waals surface area contributed by atoms with Crippen molar-refractivity contribution in [3.63, 3.8) is 0 Å². The molecule has 0 saturated carbocycles. The fourth-order valence-electron chi connectivity index (χ4n) is 2.66. The van der Waals surface area contributed by atoms with Gasteiger partial charge in [-0.3, -0.25) is 9.59 Å². The smallest absolute Gasteiger partial charge is 0.329 e. The topological polar surface area (TPSA) is 89.0 Å². The number of hydrazone groups is 1. The van der Waals surface area contributed by atoms with E-state index in [0.29, 0.717) is 36.0 Å². The zero-order valence-electron chi connectivity index (χ0n) is 17.4. The summed E-state index contributed by atoms with van der Waals surface area (Å²) in [5.41, 5.74) is 4.38. The van der Waals surface area contributed by atoms with E-state index < -0.39 is 11.8 Å². The van der Waals surface area contributed by atoms with E-state index in [2.05, 4.69) is 31.8 Å². The van der Waals surface area contributed by atoms with Crippen LogP contribution in [0.3, 0.4) is 0 Å². The normalized spacial score (nSPS) is 10.6. The van der Waals surface area contributed by atoms with Crippen LogP contribution in [0.2, 0.25) is 0 Å². The quantitative estimate of drug-likeness (QED) is 0.273. The van der Waals surface area contributed by atoms with Crippen LogP contribution >= 0.6 is 15.9 Å². The van der Waals surface area contributed by atoms with Crippen LogP contribution in [-0.2, 0) is 16.2 Å². The highest BCUT2D eigenvalue weighted by molar-refractivity contribution is 9.10. The van der Waals surface area contributed by atoms with Crippen molar-refractivity contribution in [2.45, 2.75) is 13.5 Å². The van der Waals surface area contributed by atoms with Gasteiger partial charge in [0.1, 0.15) is 18.1 Å². The summed E-state index contributed by atoms with van der Waals surface area (Å²) in [5.74, 6) is -0.428. The van der Waals surface area contributed by atoms with E-state index in [1.54, 1.807) is 36.4 Å². The minimum Gasteiger partial charge on any atom is -0.494 e. The van der Waals surface area contributed by atoms with Crippen LogP contribution in [-0.4, -0.2) is 24.6 Å². The van der Waals surface area contributed by atoms with Crippen molar-refractivity contribution in [1.82, 2.24) is 5.43 Å². The molecule has 3 rings (SSSR count). The van der Waals surface area contributed by atoms with Gasteiger partial charge in [-0.2, -0.15) is 5.10 Å². The van der Waals surface area contributed by atoms with Gasteiger partial charge in [-0.05, 0) is 61.0 Å². The molecule has 8 heteroatoms. The number of anilines is 1. The Hall–Kier alpha value is -3.65. The van der Waals surface area contributed by atoms with Crippen molar-refractivity contribution in [3.05, 3.63) is 88.4 Å². The molecule has 0 aliphatic carbocycles. The maximum atomic E-state index is 12.1. The SMILES string of the molecule is CCOc1ccc(NC(=O)C(=O)N/N=C/c2ccccc2OCc2ccc(Br)cc2)cc1. The van der Waals surface area contributed by atoms with Gasteiger partial charge in [0.05, 0.1) is 12.8 Å². The summed E-state index contributed by atoms with van der Waals surface area (Å²) in [7, 11) is 0. The average Bonchev–Trinajstić information content (AvgIpc) is 2.81. The third-order valence-electron chi connectivity index (χ3n) is 4.23. The van der Waals surface area contributed by atoms with Crippen LogP contribution in [0.25, 0.3) is 0 Å². The number of halogens is 1. The Morgan fingerprint density at radius 1 is 0.938 bits per heavy atom. The maximum absolute atomic E-state index is 12.1. The molecule has 2 N–H and O–H groups in total. The van der Waals surface area contributed by atoms with Crippen LogP contribution in [0.15, 0.2) is 82.4 Å². The van der Waals surface area contributed by atoms with E-state index in [9.17, 15) is 9.59 Å². The van der Waals surface area contributed by atoms with E-state index >= 15 is 0 Å². The molecule has 7 nitrogen and oxygen atoms in total. The first-order valence-electron chi connectivity index (χ1n) is 9.88. The Morgan fingerprint density at radius 2 is 1.66 bits per heavy atom. The second kappa shape index (κ2) is 11.7. The van der Waals surface area contributed by atoms with Crippen LogP contribution in [0, 0.1) is 0 Å². The molecule has 0 aliphatic rings. The lowest BCUT2D eigenvalue weighted by Crippen LogP contribution is -2.32. The van der Waals surface area contributed by atoms with Gasteiger partial charge >= 0.3 is 11.8 Å². The molecular weight excluding hydrogens is 474 g/mol. The molecule has 32 heavy (non-hydrogen) atoms. The van der Waals surface area contributed by atoms with Crippen LogP contribution in [0.1, 0.15) is 18.1 Å². The third kappa shape index (κ3) is 6.95. The highest BCUT2D eigenvalue weighted by Gasteiger charge is 2.13. The molecule has 164 valence electrons. The minimum absolute atomic E-state index is 0.384. The second-order valence-electron chi connectivity index (χ2n) is 6.56. The zero-order chi connectivity index (χ0) is 22.8. The number of ether oxygens (including phenoxy) is 2. The lowest BCUT2D eigenvalue weighted by molar-refractivity contribution is -0.136. The molecule has 0 aromatic heterocycles. The van der Waals surface area contributed by atoms with Gasteiger partial charge in [-0.1, -0.05) is 40.2 Å². The van der Waals surface area contributed by atoms with Gasteiger partial charge in [0.2, 0.25) is 0 Å². The van der Waals surface area contributed by atoms with Crippen molar-refractivity contribution in [2.24, 2.45) is 5.10 Å². The molecular formula is C24H22BrN3O4. The van der Waals surface area contributed by atoms with Crippen molar-refractivity contribution >= 4 is 39.6 Å². The highest BCUT2D eigenvalue weighted by Crippen LogP contribution is 2.19. The number of hydrogen-bond acceptors (Lipinski definition) is 5. The third-order valence-corrected chi connectivity index (χ3v) is 4.75. The Labute approximate surface area is 194 Å². The Bertz CT molecular complexity index is 1080. The van der Waals surface area contributed by atoms with Gasteiger partial charge in [0, 0.05) is 15.7 Å². The second-order valence-corrected chi connectivity index (χ2v) is 7.48. The number of nitrogens with one attached hydrogen (secondary N) is 2. The molecule has 0 saturated heterocycles. The molecule has 0 radical (unpaired) electrons. The van der Waals surface area contributed by atoms with Crippen molar-refractivity contribution in [1.29, 1.82) is 0 Å². The number of carbonyl (C=O) groups excluding carboxylic acids is 2. The number of benzene rings is 3. The van der Waals surface area contributed by atoms with Gasteiger partial charge in [-0.25, -0.2) is 5.43 Å². The minimum atomic E-state index is -0.886. The predicted octanol–water partition coefficient (Wildman–Crippen LogP) is 4.52. The summed E-state index contributed by atoms with van der Waals surface area (Å²) in [6.45, 7) is 2.81. The molecule has 0 unspecified atom stereocenters. The van der Waals surface area contributed by atoms with Crippen molar-refractivity contribution in [3.8, 4) is 11.5 Å². The number of rotatable bonds is 8. The predicted molar refractivity (Wildman–Crippen MR) is 127 cm³/mol. The fourth-order valence-corrected chi connectivity index (χ4v) is 2.92. The summed E-state index contributed by atoms with van der Waals surface area (Å²) >= 11 is 3.40. The summed E-state index contributed by atoms with van der Waals surface area (Å²) in [6.07, 6.45) is 1.43. The van der Waals surface area contributed by atoms with Crippen LogP contribution < -0.4 is 20.2 Å². The van der Waals surface area contributed by atoms with Crippen molar-refractivity contribution in [2.75, 3.05) is 11.9 Å². The number of hydrogen-bond donors (Lipinski definition) is 2. The van der Waals surface area contributed by atoms with E-state index in [4.69, 9.17) is 9.47 Å². The average molecular weight is 496 g/mol. The van der Waals surface area contributed by atoms with Gasteiger partial charge < -0.3 is 14.8 Å². The number of carbonyl (C=O) groups is 2. The molecule has 0 aliphatic heterocycles. The highest BCUT2D eigenvalue weighted by atomic mass is 79.9. The first-order chi connectivity index (χ1) is 15.5. The molecule has 0 fully saturated rings. The van der Waals surface area contributed by atoms with Gasteiger partial charge in [0.25, 0.3) is 0 Å². The molecule has 2 amide bonds. The fraction of sp³-hybridized carbons (Fsp3) is 0.125. The summed E-state index contributed by atoms with van der Waals surface area (Å²) in [4.78, 5) is 24.1. The Balaban J connectivity index is 1.54. The van der Waals surface area contributed by atoms with Gasteiger partial charge in [-0.15, -0.1) is 0 Å². The van der Waals surface area contributed by atoms with E-state index in [0.717, 1.165) is 10.0 Å². The lowest BCUT2D eigenvalue weighted by atomic mass is 10.2. The van der Waals surface area contributed by atoms with E-state index in [1.807, 2.05) is 43.3 Å². The molecule has 0 bridgehead atoms. The molecule has 3 aromatic rings. The monoisotopic (exact) mass is 495 g/mol. The molecule has 0 spiro atoms. The largest absolute Gasteiger partial charge is 0.494 e. The molecule has 3 aromatic carbocycles. The Morgan fingerprint density at radius 3 is 2.38 bits per heavy atom. The first-order valence-corrected chi connectivity index (χ1v) is 10.7. The maximum Gasteiger partial charge on any atom is 0.329 e. The van der Waals surface area contributed by atoms with Crippen LogP contribution in [0.4, 0.5) is 5.69 Å². The first kappa shape index (κ1) is 23.0. The van der Waals surface area contributed by atoms with E-state index in [1.165, 1.54) is 6.21 Å². The summed E-state index contributed by atoms with van der Waals surface area (Å²) < 4.78 is 12.2. The number of amides is 2. The van der Waals surface area contributed by atoms with E-state index in [-0.39, 0.29) is 0 Å².